The van der Waals surface area contributed by atoms with Crippen LogP contribution in [0.15, 0.2) is 0 Å². The van der Waals surface area contributed by atoms with Crippen LogP contribution in [0.25, 0.3) is 0 Å². The normalized spacial score (nSPS) is 42.2. The highest BCUT2D eigenvalue weighted by molar-refractivity contribution is 4.91. The minimum absolute atomic E-state index is 0.898. The van der Waals surface area contributed by atoms with Gasteiger partial charge in [0.2, 0.25) is 0 Å². The summed E-state index contributed by atoms with van der Waals surface area (Å²) in [4.78, 5) is 5.57. The molecule has 3 aliphatic rings. The van der Waals surface area contributed by atoms with E-state index in [9.17, 15) is 0 Å². The van der Waals surface area contributed by atoms with Gasteiger partial charge in [-0.05, 0) is 38.1 Å². The first-order chi connectivity index (χ1) is 7.84. The number of hydrogen-bond acceptors (Lipinski definition) is 2. The molecule has 3 fully saturated rings. The Morgan fingerprint density at radius 3 is 2.50 bits per heavy atom. The molecule has 16 heavy (non-hydrogen) atoms. The lowest BCUT2D eigenvalue weighted by atomic mass is 9.96. The number of piperazine rings is 1. The fourth-order valence-corrected chi connectivity index (χ4v) is 4.15. The van der Waals surface area contributed by atoms with E-state index >= 15 is 0 Å². The van der Waals surface area contributed by atoms with E-state index in [-0.39, 0.29) is 0 Å². The van der Waals surface area contributed by atoms with E-state index in [1.165, 1.54) is 64.7 Å². The van der Waals surface area contributed by atoms with Crippen LogP contribution in [0.2, 0.25) is 0 Å². The second-order valence-corrected chi connectivity index (χ2v) is 6.16. The largest absolute Gasteiger partial charge is 0.298 e. The lowest BCUT2D eigenvalue weighted by Crippen LogP contribution is -2.57. The van der Waals surface area contributed by atoms with Crippen molar-refractivity contribution in [3.05, 3.63) is 0 Å². The molecule has 0 N–H and O–H groups in total. The number of rotatable bonds is 1. The highest BCUT2D eigenvalue weighted by Crippen LogP contribution is 2.32. The van der Waals surface area contributed by atoms with Crippen LogP contribution < -0.4 is 0 Å². The zero-order chi connectivity index (χ0) is 11.0. The van der Waals surface area contributed by atoms with Gasteiger partial charge in [-0.2, -0.15) is 0 Å². The molecule has 0 aromatic heterocycles. The lowest BCUT2D eigenvalue weighted by Gasteiger charge is -2.46. The minimum atomic E-state index is 0.898. The molecular formula is C14H26N2. The molecule has 2 aliphatic heterocycles. The Kier molecular flexibility index (Phi) is 3.21. The first-order valence-corrected chi connectivity index (χ1v) is 7.32. The maximum atomic E-state index is 2.82. The van der Waals surface area contributed by atoms with E-state index in [4.69, 9.17) is 0 Å². The molecule has 3 unspecified atom stereocenters. The smallest absolute Gasteiger partial charge is 0.0223 e. The van der Waals surface area contributed by atoms with Crippen molar-refractivity contribution >= 4 is 0 Å². The molecule has 2 heteroatoms. The van der Waals surface area contributed by atoms with Gasteiger partial charge in [-0.1, -0.05) is 19.8 Å². The van der Waals surface area contributed by atoms with E-state index in [2.05, 4.69) is 16.7 Å². The first kappa shape index (κ1) is 11.0. The summed E-state index contributed by atoms with van der Waals surface area (Å²) in [5, 5.41) is 0. The zero-order valence-corrected chi connectivity index (χ0v) is 10.7. The van der Waals surface area contributed by atoms with Crippen LogP contribution in [-0.4, -0.2) is 48.1 Å². The fourth-order valence-electron chi connectivity index (χ4n) is 4.15. The Morgan fingerprint density at radius 1 is 0.812 bits per heavy atom. The van der Waals surface area contributed by atoms with Gasteiger partial charge < -0.3 is 0 Å². The van der Waals surface area contributed by atoms with Crippen molar-refractivity contribution < 1.29 is 0 Å². The van der Waals surface area contributed by atoms with Gasteiger partial charge in [0.1, 0.15) is 0 Å². The van der Waals surface area contributed by atoms with Gasteiger partial charge in [0.05, 0.1) is 0 Å². The van der Waals surface area contributed by atoms with E-state index in [0.29, 0.717) is 0 Å². The molecule has 0 spiro atoms. The average molecular weight is 222 g/mol. The third-order valence-corrected chi connectivity index (χ3v) is 5.15. The number of hydrogen-bond donors (Lipinski definition) is 0. The average Bonchev–Trinajstić information content (AvgIpc) is 2.75. The third kappa shape index (κ3) is 2.02. The Hall–Kier alpha value is -0.0800. The van der Waals surface area contributed by atoms with Crippen molar-refractivity contribution in [2.45, 2.75) is 57.5 Å². The second-order valence-electron chi connectivity index (χ2n) is 6.16. The summed E-state index contributed by atoms with van der Waals surface area (Å²) >= 11 is 0. The molecule has 0 radical (unpaired) electrons. The summed E-state index contributed by atoms with van der Waals surface area (Å²) in [7, 11) is 0. The molecule has 1 saturated carbocycles. The maximum Gasteiger partial charge on any atom is 0.0223 e. The summed E-state index contributed by atoms with van der Waals surface area (Å²) < 4.78 is 0. The molecule has 3 atom stereocenters. The van der Waals surface area contributed by atoms with Gasteiger partial charge in [-0.3, -0.25) is 9.80 Å². The molecule has 0 aromatic rings. The topological polar surface area (TPSA) is 6.48 Å². The number of fused-ring (bicyclic) bond motifs is 1. The SMILES string of the molecule is CC1CCCC1N1CCN2CCCCC2C1. The number of piperidine rings is 1. The van der Waals surface area contributed by atoms with Crippen LogP contribution in [0.5, 0.6) is 0 Å². The van der Waals surface area contributed by atoms with Crippen LogP contribution in [0, 0.1) is 5.92 Å². The molecule has 92 valence electrons. The second kappa shape index (κ2) is 4.66. The molecule has 1 aliphatic carbocycles. The van der Waals surface area contributed by atoms with Crippen molar-refractivity contribution in [2.24, 2.45) is 5.92 Å². The highest BCUT2D eigenvalue weighted by atomic mass is 15.3. The van der Waals surface area contributed by atoms with Gasteiger partial charge in [-0.25, -0.2) is 0 Å². The predicted octanol–water partition coefficient (Wildman–Crippen LogP) is 2.35. The summed E-state index contributed by atoms with van der Waals surface area (Å²) in [5.41, 5.74) is 0. The van der Waals surface area contributed by atoms with Crippen molar-refractivity contribution in [2.75, 3.05) is 26.2 Å². The summed E-state index contributed by atoms with van der Waals surface area (Å²) in [6.45, 7) is 7.89. The van der Waals surface area contributed by atoms with E-state index in [1.54, 1.807) is 0 Å². The Balaban J connectivity index is 1.61. The van der Waals surface area contributed by atoms with E-state index in [0.717, 1.165) is 18.0 Å². The van der Waals surface area contributed by atoms with Gasteiger partial charge in [0, 0.05) is 31.7 Å². The number of nitrogens with zero attached hydrogens (tertiary/aromatic N) is 2. The molecular weight excluding hydrogens is 196 g/mol. The van der Waals surface area contributed by atoms with Gasteiger partial charge >= 0.3 is 0 Å². The van der Waals surface area contributed by atoms with Gasteiger partial charge in [-0.15, -0.1) is 0 Å². The first-order valence-electron chi connectivity index (χ1n) is 7.32. The van der Waals surface area contributed by atoms with Crippen LogP contribution in [0.1, 0.15) is 45.4 Å². The molecule has 3 rings (SSSR count). The van der Waals surface area contributed by atoms with E-state index < -0.39 is 0 Å². The molecule has 0 aromatic carbocycles. The van der Waals surface area contributed by atoms with Crippen LogP contribution in [0.3, 0.4) is 0 Å². The quantitative estimate of drug-likeness (QED) is 0.672. The Bertz CT molecular complexity index is 241. The molecule has 0 amide bonds. The maximum absolute atomic E-state index is 2.82. The van der Waals surface area contributed by atoms with Crippen molar-refractivity contribution in [3.8, 4) is 0 Å². The fraction of sp³-hybridized carbons (Fsp3) is 1.00. The third-order valence-electron chi connectivity index (χ3n) is 5.15. The summed E-state index contributed by atoms with van der Waals surface area (Å²) in [5.74, 6) is 0.954. The van der Waals surface area contributed by atoms with Crippen LogP contribution in [-0.2, 0) is 0 Å². The van der Waals surface area contributed by atoms with Crippen molar-refractivity contribution in [1.29, 1.82) is 0 Å². The zero-order valence-electron chi connectivity index (χ0n) is 10.7. The lowest BCUT2D eigenvalue weighted by molar-refractivity contribution is 0.0200. The van der Waals surface area contributed by atoms with Gasteiger partial charge in [0.25, 0.3) is 0 Å². The van der Waals surface area contributed by atoms with Crippen molar-refractivity contribution in [1.82, 2.24) is 9.80 Å². The van der Waals surface area contributed by atoms with Crippen LogP contribution >= 0.6 is 0 Å². The Morgan fingerprint density at radius 2 is 1.69 bits per heavy atom. The monoisotopic (exact) mass is 222 g/mol. The van der Waals surface area contributed by atoms with Crippen molar-refractivity contribution in [3.63, 3.8) is 0 Å². The molecule has 0 bridgehead atoms. The molecule has 2 nitrogen and oxygen atoms in total. The predicted molar refractivity (Wildman–Crippen MR) is 67.6 cm³/mol. The Labute approximate surface area is 100.0 Å². The summed E-state index contributed by atoms with van der Waals surface area (Å²) in [6.07, 6.45) is 8.77. The van der Waals surface area contributed by atoms with Crippen LogP contribution in [0.4, 0.5) is 0 Å². The van der Waals surface area contributed by atoms with E-state index in [1.807, 2.05) is 0 Å². The molecule has 2 heterocycles. The van der Waals surface area contributed by atoms with Gasteiger partial charge in [0.15, 0.2) is 0 Å². The highest BCUT2D eigenvalue weighted by Gasteiger charge is 2.35. The minimum Gasteiger partial charge on any atom is -0.298 e. The molecule has 2 saturated heterocycles. The standard InChI is InChI=1S/C14H26N2/c1-12-5-4-7-14(12)16-10-9-15-8-3-2-6-13(15)11-16/h12-14H,2-11H2,1H3. The summed E-state index contributed by atoms with van der Waals surface area (Å²) in [6, 6.07) is 1.82.